The van der Waals surface area contributed by atoms with Gasteiger partial charge in [0.25, 0.3) is 0 Å². The molecule has 1 nitrogen and oxygen atoms in total. The number of furan rings is 1. The highest BCUT2D eigenvalue weighted by Crippen LogP contribution is 2.36. The lowest BCUT2D eigenvalue weighted by atomic mass is 9.90. The Kier molecular flexibility index (Phi) is 6.43. The van der Waals surface area contributed by atoms with Gasteiger partial charge in [0.05, 0.1) is 0 Å². The van der Waals surface area contributed by atoms with Crippen molar-refractivity contribution >= 4 is 43.9 Å². The van der Waals surface area contributed by atoms with Crippen LogP contribution in [0, 0.1) is 0 Å². The molecule has 8 rings (SSSR count). The molecule has 1 heteroatoms. The van der Waals surface area contributed by atoms with Crippen LogP contribution in [0.4, 0.5) is 0 Å². The second-order valence-corrected chi connectivity index (χ2v) is 11.3. The second-order valence-electron chi connectivity index (χ2n) is 11.3. The Hall–Kier alpha value is -5.66. The van der Waals surface area contributed by atoms with E-state index in [0.29, 0.717) is 0 Å². The zero-order valence-corrected chi connectivity index (χ0v) is 24.3. The zero-order chi connectivity index (χ0) is 29.5. The number of fused-ring (bicyclic) bond motifs is 5. The highest BCUT2D eigenvalue weighted by Gasteiger charge is 2.14. The lowest BCUT2D eigenvalue weighted by Crippen LogP contribution is -2.30. The van der Waals surface area contributed by atoms with E-state index in [2.05, 4.69) is 152 Å². The maximum atomic E-state index is 6.41. The van der Waals surface area contributed by atoms with Gasteiger partial charge < -0.3 is 4.42 Å². The van der Waals surface area contributed by atoms with Crippen molar-refractivity contribution in [1.82, 2.24) is 0 Å². The van der Waals surface area contributed by atoms with Crippen molar-refractivity contribution < 1.29 is 4.42 Å². The fourth-order valence-electron chi connectivity index (χ4n) is 6.57. The Balaban J connectivity index is 1.39. The van der Waals surface area contributed by atoms with Crippen molar-refractivity contribution in [2.75, 3.05) is 0 Å². The minimum absolute atomic E-state index is 0.803. The Morgan fingerprint density at radius 2 is 1.30 bits per heavy atom. The maximum Gasteiger partial charge on any atom is 0.143 e. The molecule has 1 aliphatic carbocycles. The van der Waals surface area contributed by atoms with E-state index < -0.39 is 0 Å². The third-order valence-electron chi connectivity index (χ3n) is 8.67. The molecule has 208 valence electrons. The second kappa shape index (κ2) is 10.9. The average molecular weight is 563 g/mol. The molecule has 0 bridgehead atoms. The van der Waals surface area contributed by atoms with Gasteiger partial charge >= 0.3 is 0 Å². The number of hydrogen-bond donors (Lipinski definition) is 0. The monoisotopic (exact) mass is 562 g/mol. The maximum absolute atomic E-state index is 6.41. The van der Waals surface area contributed by atoms with Crippen LogP contribution in [0.15, 0.2) is 174 Å². The molecule has 0 spiro atoms. The van der Waals surface area contributed by atoms with Crippen LogP contribution in [0.1, 0.15) is 17.5 Å². The quantitative estimate of drug-likeness (QED) is 0.209. The average Bonchev–Trinajstić information content (AvgIpc) is 3.46. The first kappa shape index (κ1) is 26.0. The minimum Gasteiger partial charge on any atom is -0.455 e. The van der Waals surface area contributed by atoms with E-state index in [9.17, 15) is 0 Å². The molecule has 0 atom stereocenters. The van der Waals surface area contributed by atoms with Gasteiger partial charge in [0.2, 0.25) is 0 Å². The van der Waals surface area contributed by atoms with Crippen LogP contribution in [-0.4, -0.2) is 0 Å². The van der Waals surface area contributed by atoms with Crippen molar-refractivity contribution in [1.29, 1.82) is 0 Å². The third kappa shape index (κ3) is 4.51. The summed E-state index contributed by atoms with van der Waals surface area (Å²) in [6.45, 7) is 4.55. The molecule has 0 saturated heterocycles. The standard InChI is InChI=1S/C43H30O/c1-29-13-3-2-4-18-35(37-19-7-8-21-39(37)42(29)34-26-25-30-14-5-6-15-31(30)27-34)32-16-11-17-33(28-32)36-22-12-23-40-38-20-9-10-24-41(38)44-43(36)40/h2-17,19-28H,1,18H2/b4-2-,13-3-,37-35+,42-39?. The first-order valence-corrected chi connectivity index (χ1v) is 15.1. The van der Waals surface area contributed by atoms with E-state index in [1.54, 1.807) is 0 Å². The molecule has 0 N–H and O–H groups in total. The number of benzene rings is 6. The Morgan fingerprint density at radius 1 is 0.545 bits per heavy atom. The van der Waals surface area contributed by atoms with Gasteiger partial charge in [-0.15, -0.1) is 0 Å². The number of rotatable bonds is 3. The molecule has 1 aromatic heterocycles. The first-order valence-electron chi connectivity index (χ1n) is 15.1. The number of para-hydroxylation sites is 2. The van der Waals surface area contributed by atoms with Crippen LogP contribution in [-0.2, 0) is 0 Å². The third-order valence-corrected chi connectivity index (χ3v) is 8.67. The smallest absolute Gasteiger partial charge is 0.143 e. The van der Waals surface area contributed by atoms with E-state index in [-0.39, 0.29) is 0 Å². The van der Waals surface area contributed by atoms with Gasteiger partial charge in [-0.2, -0.15) is 0 Å². The van der Waals surface area contributed by atoms with Gasteiger partial charge in [0.1, 0.15) is 11.2 Å². The molecule has 44 heavy (non-hydrogen) atoms. The molecule has 6 aromatic carbocycles. The van der Waals surface area contributed by atoms with Crippen LogP contribution in [0.5, 0.6) is 0 Å². The van der Waals surface area contributed by atoms with Crippen LogP contribution in [0.3, 0.4) is 0 Å². The molecular formula is C43H30O. The van der Waals surface area contributed by atoms with Gasteiger partial charge in [-0.3, -0.25) is 0 Å². The van der Waals surface area contributed by atoms with E-state index in [1.165, 1.54) is 37.9 Å². The Morgan fingerprint density at radius 3 is 2.23 bits per heavy atom. The molecule has 0 aliphatic heterocycles. The van der Waals surface area contributed by atoms with Gasteiger partial charge in [0.15, 0.2) is 0 Å². The predicted octanol–water partition coefficient (Wildman–Crippen LogP) is 9.88. The first-order chi connectivity index (χ1) is 21.7. The molecule has 0 radical (unpaired) electrons. The van der Waals surface area contributed by atoms with Crippen LogP contribution in [0.2, 0.25) is 0 Å². The number of allylic oxidation sites excluding steroid dienone is 5. The summed E-state index contributed by atoms with van der Waals surface area (Å²) >= 11 is 0. The van der Waals surface area contributed by atoms with Gasteiger partial charge in [0, 0.05) is 16.3 Å². The highest BCUT2D eigenvalue weighted by atomic mass is 16.3. The van der Waals surface area contributed by atoms with E-state index in [4.69, 9.17) is 4.42 Å². The van der Waals surface area contributed by atoms with Crippen molar-refractivity contribution in [2.45, 2.75) is 6.42 Å². The van der Waals surface area contributed by atoms with Gasteiger partial charge in [-0.05, 0) is 79.2 Å². The summed E-state index contributed by atoms with van der Waals surface area (Å²) in [5.41, 5.74) is 9.86. The molecular weight excluding hydrogens is 532 g/mol. The van der Waals surface area contributed by atoms with Crippen molar-refractivity contribution in [2.24, 2.45) is 0 Å². The Labute approximate surface area is 256 Å². The summed E-state index contributed by atoms with van der Waals surface area (Å²) in [5.74, 6) is 0. The lowest BCUT2D eigenvalue weighted by molar-refractivity contribution is 0.670. The summed E-state index contributed by atoms with van der Waals surface area (Å²) in [4.78, 5) is 0. The van der Waals surface area contributed by atoms with Crippen LogP contribution < -0.4 is 10.4 Å². The molecule has 7 aromatic rings. The van der Waals surface area contributed by atoms with Crippen molar-refractivity contribution in [3.63, 3.8) is 0 Å². The summed E-state index contributed by atoms with van der Waals surface area (Å²) in [5, 5.41) is 7.15. The summed E-state index contributed by atoms with van der Waals surface area (Å²) < 4.78 is 6.41. The number of hydrogen-bond acceptors (Lipinski definition) is 1. The van der Waals surface area contributed by atoms with Crippen LogP contribution >= 0.6 is 0 Å². The SMILES string of the molecule is C=C1/C=C\C=C/C/C(c2cccc(-c3cccc4c3oc3ccccc34)c2)=c2/ccccc2=C1c1ccc2ccccc2c1. The molecule has 0 fully saturated rings. The zero-order valence-electron chi connectivity index (χ0n) is 24.3. The van der Waals surface area contributed by atoms with Gasteiger partial charge in [-0.25, -0.2) is 0 Å². The van der Waals surface area contributed by atoms with Crippen LogP contribution in [0.25, 0.3) is 55.0 Å². The predicted molar refractivity (Wildman–Crippen MR) is 186 cm³/mol. The highest BCUT2D eigenvalue weighted by molar-refractivity contribution is 6.09. The Bertz CT molecular complexity index is 2430. The van der Waals surface area contributed by atoms with Crippen molar-refractivity contribution in [3.05, 3.63) is 191 Å². The summed E-state index contributed by atoms with van der Waals surface area (Å²) in [7, 11) is 0. The fraction of sp³-hybridized carbons (Fsp3) is 0.0233. The minimum atomic E-state index is 0.803. The molecule has 0 unspecified atom stereocenters. The van der Waals surface area contributed by atoms with Gasteiger partial charge in [-0.1, -0.05) is 146 Å². The fourth-order valence-corrected chi connectivity index (χ4v) is 6.57. The molecule has 1 heterocycles. The van der Waals surface area contributed by atoms with Crippen molar-refractivity contribution in [3.8, 4) is 11.1 Å². The van der Waals surface area contributed by atoms with E-state index >= 15 is 0 Å². The largest absolute Gasteiger partial charge is 0.455 e. The summed E-state index contributed by atoms with van der Waals surface area (Å²) in [6, 6.07) is 47.6. The molecule has 0 saturated carbocycles. The lowest BCUT2D eigenvalue weighted by Gasteiger charge is -2.14. The van der Waals surface area contributed by atoms with E-state index in [1.807, 2.05) is 12.1 Å². The topological polar surface area (TPSA) is 13.1 Å². The normalized spacial score (nSPS) is 16.3. The van der Waals surface area contributed by atoms with E-state index in [0.717, 1.165) is 50.6 Å². The summed E-state index contributed by atoms with van der Waals surface area (Å²) in [6.07, 6.45) is 9.40. The molecule has 1 aliphatic rings. The molecule has 0 amide bonds.